The number of ether oxygens (including phenoxy) is 1. The highest BCUT2D eigenvalue weighted by atomic mass is 127. The number of aryl methyl sites for hydroxylation is 1. The van der Waals surface area contributed by atoms with E-state index in [0.717, 1.165) is 5.56 Å². The van der Waals surface area contributed by atoms with E-state index in [1.807, 2.05) is 36.4 Å². The molecule has 0 fully saturated rings. The third-order valence-corrected chi connectivity index (χ3v) is 5.02. The lowest BCUT2D eigenvalue weighted by atomic mass is 10.2. The molecule has 2 rings (SSSR count). The van der Waals surface area contributed by atoms with Gasteiger partial charge in [0.1, 0.15) is 0 Å². The van der Waals surface area contributed by atoms with E-state index in [0.29, 0.717) is 32.2 Å². The molecule has 9 heteroatoms. The van der Waals surface area contributed by atoms with Crippen LogP contribution in [-0.2, 0) is 9.59 Å². The molecule has 0 aromatic heterocycles. The zero-order chi connectivity index (χ0) is 21.4. The standard InChI is InChI=1S/C20H21ClIN3O4/c1-3-29-17-9-13(8-16(22)20(17)28)11-23-25-19(27)7-6-18(26)24-14-5-4-12(2)15(21)10-14/h4-5,8-11,28H,3,6-7H2,1-2H3,(H,24,26)(H,25,27)/b23-11+. The van der Waals surface area contributed by atoms with Gasteiger partial charge in [0.2, 0.25) is 11.8 Å². The highest BCUT2D eigenvalue weighted by Crippen LogP contribution is 2.32. The van der Waals surface area contributed by atoms with Gasteiger partial charge in [0, 0.05) is 23.6 Å². The van der Waals surface area contributed by atoms with Gasteiger partial charge in [0.15, 0.2) is 11.5 Å². The second-order valence-electron chi connectivity index (χ2n) is 6.09. The van der Waals surface area contributed by atoms with E-state index < -0.39 is 5.91 Å². The lowest BCUT2D eigenvalue weighted by molar-refractivity contribution is -0.124. The molecule has 0 heterocycles. The number of rotatable bonds is 8. The zero-order valence-electron chi connectivity index (χ0n) is 16.0. The van der Waals surface area contributed by atoms with Crippen LogP contribution in [0.15, 0.2) is 35.4 Å². The minimum Gasteiger partial charge on any atom is -0.504 e. The van der Waals surface area contributed by atoms with Crippen LogP contribution in [-0.4, -0.2) is 29.7 Å². The van der Waals surface area contributed by atoms with Gasteiger partial charge in [0.05, 0.1) is 16.4 Å². The fourth-order valence-corrected chi connectivity index (χ4v) is 3.10. The van der Waals surface area contributed by atoms with Crippen LogP contribution in [0.5, 0.6) is 11.5 Å². The molecule has 0 aliphatic carbocycles. The molecule has 0 saturated heterocycles. The first kappa shape index (κ1) is 23.0. The molecule has 0 aliphatic rings. The van der Waals surface area contributed by atoms with E-state index in [2.05, 4.69) is 15.8 Å². The SMILES string of the molecule is CCOc1cc(/C=N/NC(=O)CCC(=O)Nc2ccc(C)c(Cl)c2)cc(I)c1O. The van der Waals surface area contributed by atoms with Crippen LogP contribution in [0.25, 0.3) is 0 Å². The number of hydrogen-bond donors (Lipinski definition) is 3. The van der Waals surface area contributed by atoms with Gasteiger partial charge in [-0.1, -0.05) is 17.7 Å². The van der Waals surface area contributed by atoms with Gasteiger partial charge in [-0.15, -0.1) is 0 Å². The molecule has 29 heavy (non-hydrogen) atoms. The first-order valence-corrected chi connectivity index (χ1v) is 10.3. The molecule has 0 saturated carbocycles. The Morgan fingerprint density at radius 1 is 1.24 bits per heavy atom. The molecule has 3 N–H and O–H groups in total. The van der Waals surface area contributed by atoms with Crippen LogP contribution >= 0.6 is 34.2 Å². The Labute approximate surface area is 187 Å². The minimum atomic E-state index is -0.392. The largest absolute Gasteiger partial charge is 0.504 e. The molecule has 2 amide bonds. The van der Waals surface area contributed by atoms with E-state index in [4.69, 9.17) is 16.3 Å². The molecule has 0 radical (unpaired) electrons. The normalized spacial score (nSPS) is 10.8. The number of hydrazone groups is 1. The first-order valence-electron chi connectivity index (χ1n) is 8.83. The van der Waals surface area contributed by atoms with Gasteiger partial charge < -0.3 is 15.2 Å². The predicted octanol–water partition coefficient (Wildman–Crippen LogP) is 4.23. The number of aromatic hydroxyl groups is 1. The van der Waals surface area contributed by atoms with Crippen molar-refractivity contribution in [2.45, 2.75) is 26.7 Å². The van der Waals surface area contributed by atoms with Crippen LogP contribution in [0.3, 0.4) is 0 Å². The van der Waals surface area contributed by atoms with Gasteiger partial charge in [0.25, 0.3) is 0 Å². The Bertz CT molecular complexity index is 934. The molecular formula is C20H21ClIN3O4. The summed E-state index contributed by atoms with van der Waals surface area (Å²) in [7, 11) is 0. The van der Waals surface area contributed by atoms with Crippen LogP contribution < -0.4 is 15.5 Å². The summed E-state index contributed by atoms with van der Waals surface area (Å²) in [6.45, 7) is 4.10. The molecule has 0 bridgehead atoms. The summed E-state index contributed by atoms with van der Waals surface area (Å²) in [4.78, 5) is 23.9. The van der Waals surface area contributed by atoms with Crippen molar-refractivity contribution in [3.8, 4) is 11.5 Å². The highest BCUT2D eigenvalue weighted by molar-refractivity contribution is 14.1. The average molecular weight is 530 g/mol. The maximum atomic E-state index is 12.0. The van der Waals surface area contributed by atoms with Gasteiger partial charge in [-0.3, -0.25) is 9.59 Å². The van der Waals surface area contributed by atoms with Crippen molar-refractivity contribution in [3.63, 3.8) is 0 Å². The minimum absolute atomic E-state index is 0.0123. The van der Waals surface area contributed by atoms with Gasteiger partial charge in [-0.2, -0.15) is 5.10 Å². The number of carbonyl (C=O) groups excluding carboxylic acids is 2. The number of phenolic OH excluding ortho intramolecular Hbond substituents is 1. The molecule has 154 valence electrons. The first-order chi connectivity index (χ1) is 13.8. The maximum absolute atomic E-state index is 12.0. The van der Waals surface area contributed by atoms with E-state index in [-0.39, 0.29) is 24.5 Å². The van der Waals surface area contributed by atoms with E-state index in [9.17, 15) is 14.7 Å². The van der Waals surface area contributed by atoms with E-state index in [1.165, 1.54) is 6.21 Å². The predicted molar refractivity (Wildman–Crippen MR) is 122 cm³/mol. The summed E-state index contributed by atoms with van der Waals surface area (Å²) in [5, 5.41) is 17.1. The van der Waals surface area contributed by atoms with Crippen molar-refractivity contribution < 1.29 is 19.4 Å². The molecule has 2 aromatic rings. The van der Waals surface area contributed by atoms with Gasteiger partial charge in [-0.25, -0.2) is 5.43 Å². The van der Waals surface area contributed by atoms with Crippen molar-refractivity contribution in [2.75, 3.05) is 11.9 Å². The monoisotopic (exact) mass is 529 g/mol. The molecule has 0 aliphatic heterocycles. The van der Waals surface area contributed by atoms with Crippen molar-refractivity contribution in [1.82, 2.24) is 5.43 Å². The number of hydrogen-bond acceptors (Lipinski definition) is 5. The number of phenols is 1. The second-order valence-corrected chi connectivity index (χ2v) is 7.66. The molecule has 0 spiro atoms. The summed E-state index contributed by atoms with van der Waals surface area (Å²) in [5.41, 5.74) is 4.53. The molecular weight excluding hydrogens is 509 g/mol. The third-order valence-electron chi connectivity index (χ3n) is 3.79. The number of nitrogens with zero attached hydrogens (tertiary/aromatic N) is 1. The third kappa shape index (κ3) is 7.21. The smallest absolute Gasteiger partial charge is 0.240 e. The molecule has 2 aromatic carbocycles. The Hall–Kier alpha value is -2.33. The maximum Gasteiger partial charge on any atom is 0.240 e. The number of carbonyl (C=O) groups is 2. The van der Waals surface area contributed by atoms with E-state index >= 15 is 0 Å². The summed E-state index contributed by atoms with van der Waals surface area (Å²) in [6.07, 6.45) is 1.44. The lowest BCUT2D eigenvalue weighted by Gasteiger charge is -2.08. The van der Waals surface area contributed by atoms with Crippen molar-refractivity contribution in [2.24, 2.45) is 5.10 Å². The van der Waals surface area contributed by atoms with Crippen LogP contribution in [0.1, 0.15) is 30.9 Å². The topological polar surface area (TPSA) is 100 Å². The zero-order valence-corrected chi connectivity index (χ0v) is 18.9. The van der Waals surface area contributed by atoms with Crippen molar-refractivity contribution in [3.05, 3.63) is 50.1 Å². The fourth-order valence-electron chi connectivity index (χ4n) is 2.29. The van der Waals surface area contributed by atoms with Crippen molar-refractivity contribution >= 4 is 57.9 Å². The number of amides is 2. The summed E-state index contributed by atoms with van der Waals surface area (Å²) in [5.74, 6) is -0.273. The number of anilines is 1. The number of nitrogens with one attached hydrogen (secondary N) is 2. The van der Waals surface area contributed by atoms with Gasteiger partial charge in [-0.05, 0) is 71.8 Å². The van der Waals surface area contributed by atoms with Crippen LogP contribution in [0, 0.1) is 10.5 Å². The molecule has 7 nitrogen and oxygen atoms in total. The molecule has 0 atom stereocenters. The Morgan fingerprint density at radius 2 is 1.97 bits per heavy atom. The second kappa shape index (κ2) is 11.0. The highest BCUT2D eigenvalue weighted by Gasteiger charge is 2.09. The van der Waals surface area contributed by atoms with E-state index in [1.54, 1.807) is 30.3 Å². The fraction of sp³-hybridized carbons (Fsp3) is 0.250. The number of halogens is 2. The summed E-state index contributed by atoms with van der Waals surface area (Å²) in [6, 6.07) is 8.54. The lowest BCUT2D eigenvalue weighted by Crippen LogP contribution is -2.20. The average Bonchev–Trinajstić information content (AvgIpc) is 2.67. The van der Waals surface area contributed by atoms with Gasteiger partial charge >= 0.3 is 0 Å². The quantitative estimate of drug-likeness (QED) is 0.271. The molecule has 0 unspecified atom stereocenters. The Morgan fingerprint density at radius 3 is 2.66 bits per heavy atom. The summed E-state index contributed by atoms with van der Waals surface area (Å²) < 4.78 is 5.96. The van der Waals surface area contributed by atoms with Crippen LogP contribution in [0.2, 0.25) is 5.02 Å². The Balaban J connectivity index is 1.83. The summed E-state index contributed by atoms with van der Waals surface area (Å²) >= 11 is 8.01. The van der Waals surface area contributed by atoms with Crippen molar-refractivity contribution in [1.29, 1.82) is 0 Å². The van der Waals surface area contributed by atoms with Crippen LogP contribution in [0.4, 0.5) is 5.69 Å². The Kier molecular flexibility index (Phi) is 8.71. The number of benzene rings is 2.